The number of nitrogens with one attached hydrogen (secondary N) is 1. The number of hydrogen-bond donors (Lipinski definition) is 1. The molecule has 0 spiro atoms. The van der Waals surface area contributed by atoms with E-state index in [2.05, 4.69) is 15.3 Å². The lowest BCUT2D eigenvalue weighted by Crippen LogP contribution is -2.32. The Morgan fingerprint density at radius 3 is 3.00 bits per heavy atom. The van der Waals surface area contributed by atoms with Gasteiger partial charge in [-0.05, 0) is 37.3 Å². The third-order valence-electron chi connectivity index (χ3n) is 2.78. The van der Waals surface area contributed by atoms with E-state index in [1.807, 2.05) is 25.1 Å². The number of ether oxygens (including phenoxy) is 1. The van der Waals surface area contributed by atoms with Gasteiger partial charge in [-0.2, -0.15) is 0 Å². The van der Waals surface area contributed by atoms with Crippen molar-refractivity contribution in [2.24, 2.45) is 4.99 Å². The van der Waals surface area contributed by atoms with Crippen molar-refractivity contribution in [1.29, 1.82) is 0 Å². The zero-order valence-electron chi connectivity index (χ0n) is 10.3. The summed E-state index contributed by atoms with van der Waals surface area (Å²) in [5, 5.41) is 3.85. The summed E-state index contributed by atoms with van der Waals surface area (Å²) in [6, 6.07) is 9.20. The number of rotatable bonds is 1. The molecule has 1 N–H and O–H groups in total. The second kappa shape index (κ2) is 4.90. The SMILES string of the molecule is C[C@@H]1Oc2ccc(Cl)cc2N=C1Nc1cccnc1. The number of amidine groups is 1. The molecule has 0 unspecified atom stereocenters. The Hall–Kier alpha value is -2.07. The van der Waals surface area contributed by atoms with Crippen LogP contribution in [0, 0.1) is 0 Å². The minimum Gasteiger partial charge on any atom is -0.481 e. The highest BCUT2D eigenvalue weighted by molar-refractivity contribution is 6.31. The molecule has 5 heteroatoms. The molecule has 1 aromatic carbocycles. The molecule has 1 aliphatic heterocycles. The second-order valence-corrected chi connectivity index (χ2v) is 4.67. The van der Waals surface area contributed by atoms with Crippen molar-refractivity contribution >= 4 is 28.8 Å². The molecule has 1 atom stereocenters. The molecule has 3 rings (SSSR count). The van der Waals surface area contributed by atoms with Crippen LogP contribution in [0.1, 0.15) is 6.92 Å². The highest BCUT2D eigenvalue weighted by atomic mass is 35.5. The van der Waals surface area contributed by atoms with Crippen LogP contribution in [-0.4, -0.2) is 16.9 Å². The maximum Gasteiger partial charge on any atom is 0.153 e. The number of aliphatic imine (C=N–C) groups is 1. The maximum atomic E-state index is 5.97. The molecule has 96 valence electrons. The van der Waals surface area contributed by atoms with Crippen LogP contribution in [0.2, 0.25) is 5.02 Å². The van der Waals surface area contributed by atoms with E-state index in [-0.39, 0.29) is 6.10 Å². The van der Waals surface area contributed by atoms with Crippen LogP contribution >= 0.6 is 11.6 Å². The topological polar surface area (TPSA) is 46.5 Å². The number of benzene rings is 1. The van der Waals surface area contributed by atoms with Gasteiger partial charge in [0.1, 0.15) is 17.3 Å². The van der Waals surface area contributed by atoms with Crippen LogP contribution in [0.5, 0.6) is 5.75 Å². The zero-order valence-corrected chi connectivity index (χ0v) is 11.1. The van der Waals surface area contributed by atoms with Crippen molar-refractivity contribution in [2.75, 3.05) is 5.32 Å². The van der Waals surface area contributed by atoms with Crippen LogP contribution < -0.4 is 10.1 Å². The quantitative estimate of drug-likeness (QED) is 0.862. The number of fused-ring (bicyclic) bond motifs is 1. The molecule has 0 fully saturated rings. The number of pyridine rings is 1. The van der Waals surface area contributed by atoms with E-state index in [4.69, 9.17) is 16.3 Å². The summed E-state index contributed by atoms with van der Waals surface area (Å²) in [4.78, 5) is 8.61. The largest absolute Gasteiger partial charge is 0.481 e. The van der Waals surface area contributed by atoms with Crippen molar-refractivity contribution in [2.45, 2.75) is 13.0 Å². The molecule has 1 aliphatic rings. The maximum absolute atomic E-state index is 5.97. The minimum absolute atomic E-state index is 0.145. The predicted octanol–water partition coefficient (Wildman–Crippen LogP) is 3.66. The van der Waals surface area contributed by atoms with Gasteiger partial charge in [0.25, 0.3) is 0 Å². The third kappa shape index (κ3) is 2.53. The minimum atomic E-state index is -0.145. The van der Waals surface area contributed by atoms with Gasteiger partial charge in [0.2, 0.25) is 0 Å². The number of halogens is 1. The van der Waals surface area contributed by atoms with Crippen molar-refractivity contribution in [1.82, 2.24) is 4.98 Å². The summed E-state index contributed by atoms with van der Waals surface area (Å²) in [5.41, 5.74) is 1.61. The van der Waals surface area contributed by atoms with E-state index < -0.39 is 0 Å². The molecule has 2 aromatic rings. The van der Waals surface area contributed by atoms with Gasteiger partial charge in [-0.1, -0.05) is 11.6 Å². The number of aromatic nitrogens is 1. The van der Waals surface area contributed by atoms with Crippen molar-refractivity contribution in [3.05, 3.63) is 47.7 Å². The summed E-state index contributed by atoms with van der Waals surface area (Å²) in [5.74, 6) is 1.48. The summed E-state index contributed by atoms with van der Waals surface area (Å²) < 4.78 is 5.80. The van der Waals surface area contributed by atoms with Gasteiger partial charge in [0, 0.05) is 11.2 Å². The Kier molecular flexibility index (Phi) is 3.09. The van der Waals surface area contributed by atoms with Gasteiger partial charge >= 0.3 is 0 Å². The highest BCUT2D eigenvalue weighted by Gasteiger charge is 2.20. The predicted molar refractivity (Wildman–Crippen MR) is 76.5 cm³/mol. The van der Waals surface area contributed by atoms with E-state index in [1.165, 1.54) is 0 Å². The Morgan fingerprint density at radius 2 is 2.21 bits per heavy atom. The first-order chi connectivity index (χ1) is 9.22. The lowest BCUT2D eigenvalue weighted by atomic mass is 10.2. The molecule has 1 aromatic heterocycles. The third-order valence-corrected chi connectivity index (χ3v) is 3.02. The first kappa shape index (κ1) is 12.0. The van der Waals surface area contributed by atoms with Crippen molar-refractivity contribution in [3.63, 3.8) is 0 Å². The lowest BCUT2D eigenvalue weighted by molar-refractivity contribution is 0.283. The molecule has 0 aliphatic carbocycles. The van der Waals surface area contributed by atoms with Gasteiger partial charge in [0.15, 0.2) is 6.10 Å². The fourth-order valence-electron chi connectivity index (χ4n) is 1.86. The summed E-state index contributed by atoms with van der Waals surface area (Å²) >= 11 is 5.97. The molecular weight excluding hydrogens is 262 g/mol. The van der Waals surface area contributed by atoms with Crippen molar-refractivity contribution < 1.29 is 4.74 Å². The first-order valence-corrected chi connectivity index (χ1v) is 6.32. The van der Waals surface area contributed by atoms with Gasteiger partial charge in [-0.3, -0.25) is 4.98 Å². The Labute approximate surface area is 116 Å². The lowest BCUT2D eigenvalue weighted by Gasteiger charge is -2.24. The monoisotopic (exact) mass is 273 g/mol. The van der Waals surface area contributed by atoms with Crippen LogP contribution in [0.25, 0.3) is 0 Å². The first-order valence-electron chi connectivity index (χ1n) is 5.94. The fourth-order valence-corrected chi connectivity index (χ4v) is 2.03. The fraction of sp³-hybridized carbons (Fsp3) is 0.143. The normalized spacial score (nSPS) is 17.2. The van der Waals surface area contributed by atoms with Crippen LogP contribution in [-0.2, 0) is 0 Å². The molecular formula is C14H12ClN3O. The van der Waals surface area contributed by atoms with E-state index >= 15 is 0 Å². The Morgan fingerprint density at radius 1 is 1.32 bits per heavy atom. The standard InChI is InChI=1S/C14H12ClN3O/c1-9-14(17-11-3-2-6-16-8-11)18-12-7-10(15)4-5-13(12)19-9/h2-9H,1H3,(H,17,18)/t9-/m0/s1. The molecule has 0 bridgehead atoms. The average Bonchev–Trinajstić information content (AvgIpc) is 2.41. The highest BCUT2D eigenvalue weighted by Crippen LogP contribution is 2.34. The van der Waals surface area contributed by atoms with Gasteiger partial charge in [0.05, 0.1) is 11.9 Å². The van der Waals surface area contributed by atoms with Crippen LogP contribution in [0.15, 0.2) is 47.7 Å². The summed E-state index contributed by atoms with van der Waals surface area (Å²) in [6.45, 7) is 1.94. The number of nitrogens with zero attached hydrogens (tertiary/aromatic N) is 2. The Bertz CT molecular complexity index is 628. The van der Waals surface area contributed by atoms with E-state index in [1.54, 1.807) is 24.5 Å². The van der Waals surface area contributed by atoms with Gasteiger partial charge in [-0.25, -0.2) is 4.99 Å². The number of hydrogen-bond acceptors (Lipinski definition) is 4. The van der Waals surface area contributed by atoms with Crippen LogP contribution in [0.4, 0.5) is 11.4 Å². The smallest absolute Gasteiger partial charge is 0.153 e. The van der Waals surface area contributed by atoms with Gasteiger partial charge < -0.3 is 10.1 Å². The molecule has 0 saturated heterocycles. The average molecular weight is 274 g/mol. The summed E-state index contributed by atoms with van der Waals surface area (Å²) in [6.07, 6.45) is 3.32. The second-order valence-electron chi connectivity index (χ2n) is 4.24. The van der Waals surface area contributed by atoms with E-state index in [0.717, 1.165) is 23.0 Å². The Balaban J connectivity index is 1.93. The van der Waals surface area contributed by atoms with Crippen molar-refractivity contribution in [3.8, 4) is 5.75 Å². The van der Waals surface area contributed by atoms with E-state index in [0.29, 0.717) is 5.02 Å². The molecule has 19 heavy (non-hydrogen) atoms. The molecule has 0 radical (unpaired) electrons. The zero-order chi connectivity index (χ0) is 13.2. The molecule has 4 nitrogen and oxygen atoms in total. The van der Waals surface area contributed by atoms with Crippen LogP contribution in [0.3, 0.4) is 0 Å². The molecule has 2 heterocycles. The summed E-state index contributed by atoms with van der Waals surface area (Å²) in [7, 11) is 0. The molecule has 0 amide bonds. The van der Waals surface area contributed by atoms with E-state index in [9.17, 15) is 0 Å². The van der Waals surface area contributed by atoms with Gasteiger partial charge in [-0.15, -0.1) is 0 Å². The number of anilines is 1. The molecule has 0 saturated carbocycles.